The van der Waals surface area contributed by atoms with Crippen molar-refractivity contribution in [3.05, 3.63) is 53.1 Å². The van der Waals surface area contributed by atoms with Crippen LogP contribution in [-0.2, 0) is 0 Å². The van der Waals surface area contributed by atoms with E-state index in [1.165, 1.54) is 22.3 Å². The van der Waals surface area contributed by atoms with E-state index >= 15 is 0 Å². The predicted molar refractivity (Wildman–Crippen MR) is 81.6 cm³/mol. The number of nitrogens with two attached hydrogens (primary N) is 2. The van der Waals surface area contributed by atoms with Crippen LogP contribution >= 0.6 is 0 Å². The Hall–Kier alpha value is -2.29. The second-order valence-corrected chi connectivity index (χ2v) is 4.80. The first kappa shape index (κ1) is 13.1. The largest absolute Gasteiger partial charge is 0.370 e. The van der Waals surface area contributed by atoms with Gasteiger partial charge >= 0.3 is 0 Å². The van der Waals surface area contributed by atoms with E-state index < -0.39 is 0 Å². The summed E-state index contributed by atoms with van der Waals surface area (Å²) in [5, 5.41) is 0. The van der Waals surface area contributed by atoms with Crippen LogP contribution in [0.2, 0.25) is 0 Å². The molecule has 19 heavy (non-hydrogen) atoms. The molecule has 4 N–H and O–H groups in total. The number of aliphatic imine (C=N–C) groups is 1. The second-order valence-electron chi connectivity index (χ2n) is 4.80. The van der Waals surface area contributed by atoms with Gasteiger partial charge in [0.2, 0.25) is 0 Å². The lowest BCUT2D eigenvalue weighted by Gasteiger charge is -2.13. The summed E-state index contributed by atoms with van der Waals surface area (Å²) < 4.78 is 0. The molecule has 98 valence electrons. The molecule has 2 aromatic rings. The lowest BCUT2D eigenvalue weighted by Crippen LogP contribution is -2.22. The Morgan fingerprint density at radius 2 is 1.53 bits per heavy atom. The zero-order valence-electron chi connectivity index (χ0n) is 11.6. The highest BCUT2D eigenvalue weighted by molar-refractivity contribution is 5.82. The highest BCUT2D eigenvalue weighted by Gasteiger charge is 2.09. The Kier molecular flexibility index (Phi) is 3.56. The molecule has 0 heterocycles. The first-order chi connectivity index (χ1) is 8.99. The minimum Gasteiger partial charge on any atom is -0.370 e. The average molecular weight is 253 g/mol. The van der Waals surface area contributed by atoms with Gasteiger partial charge in [-0.2, -0.15) is 0 Å². The summed E-state index contributed by atoms with van der Waals surface area (Å²) >= 11 is 0. The maximum absolute atomic E-state index is 5.47. The van der Waals surface area contributed by atoms with E-state index in [0.29, 0.717) is 0 Å². The fourth-order valence-electron chi connectivity index (χ4n) is 2.26. The maximum atomic E-state index is 5.47. The lowest BCUT2D eigenvalue weighted by molar-refractivity contribution is 1.32. The number of guanidine groups is 1. The number of aryl methyl sites for hydroxylation is 2. The highest BCUT2D eigenvalue weighted by Crippen LogP contribution is 2.33. The number of nitrogens with zero attached hydrogens (tertiary/aromatic N) is 1. The number of benzene rings is 2. The SMILES string of the molecule is Cc1ccc(-c2c(C)ccc(N=C(N)N)c2C)cc1. The quantitative estimate of drug-likeness (QED) is 0.637. The van der Waals surface area contributed by atoms with Crippen LogP contribution in [0.5, 0.6) is 0 Å². The standard InChI is InChI=1S/C16H19N3/c1-10-4-7-13(8-5-10)15-11(2)6-9-14(12(15)3)19-16(17)18/h4-9H,1-3H3,(H4,17,18,19). The van der Waals surface area contributed by atoms with Crippen LogP contribution in [0.4, 0.5) is 5.69 Å². The van der Waals surface area contributed by atoms with E-state index in [-0.39, 0.29) is 5.96 Å². The molecule has 3 heteroatoms. The van der Waals surface area contributed by atoms with Crippen LogP contribution in [0.1, 0.15) is 16.7 Å². The van der Waals surface area contributed by atoms with Crippen molar-refractivity contribution in [3.63, 3.8) is 0 Å². The fraction of sp³-hybridized carbons (Fsp3) is 0.188. The molecule has 0 amide bonds. The van der Waals surface area contributed by atoms with Crippen LogP contribution in [0.3, 0.4) is 0 Å². The zero-order chi connectivity index (χ0) is 14.0. The topological polar surface area (TPSA) is 64.4 Å². The Bertz CT molecular complexity index is 621. The van der Waals surface area contributed by atoms with E-state index in [9.17, 15) is 0 Å². The van der Waals surface area contributed by atoms with E-state index in [0.717, 1.165) is 11.3 Å². The molecule has 0 aliphatic heterocycles. The molecular weight excluding hydrogens is 234 g/mol. The Balaban J connectivity index is 2.62. The van der Waals surface area contributed by atoms with Crippen LogP contribution < -0.4 is 11.5 Å². The summed E-state index contributed by atoms with van der Waals surface area (Å²) in [7, 11) is 0. The third-order valence-corrected chi connectivity index (χ3v) is 3.23. The van der Waals surface area contributed by atoms with Gasteiger partial charge in [-0.15, -0.1) is 0 Å². The maximum Gasteiger partial charge on any atom is 0.191 e. The molecule has 0 bridgehead atoms. The van der Waals surface area contributed by atoms with Gasteiger partial charge in [0, 0.05) is 0 Å². The van der Waals surface area contributed by atoms with Crippen molar-refractivity contribution in [3.8, 4) is 11.1 Å². The van der Waals surface area contributed by atoms with E-state index in [1.807, 2.05) is 19.1 Å². The van der Waals surface area contributed by atoms with E-state index in [4.69, 9.17) is 11.5 Å². The highest BCUT2D eigenvalue weighted by atomic mass is 15.0. The Labute approximate surface area is 114 Å². The van der Waals surface area contributed by atoms with Gasteiger partial charge < -0.3 is 11.5 Å². The van der Waals surface area contributed by atoms with Gasteiger partial charge in [-0.1, -0.05) is 35.9 Å². The summed E-state index contributed by atoms with van der Waals surface area (Å²) in [6, 6.07) is 12.5. The number of hydrogen-bond donors (Lipinski definition) is 2. The summed E-state index contributed by atoms with van der Waals surface area (Å²) in [6.45, 7) is 6.23. The minimum absolute atomic E-state index is 0.0850. The van der Waals surface area contributed by atoms with Crippen molar-refractivity contribution >= 4 is 11.6 Å². The molecule has 0 aromatic heterocycles. The smallest absolute Gasteiger partial charge is 0.191 e. The van der Waals surface area contributed by atoms with Gasteiger partial charge in [0.05, 0.1) is 5.69 Å². The second kappa shape index (κ2) is 5.14. The number of rotatable bonds is 2. The van der Waals surface area contributed by atoms with E-state index in [2.05, 4.69) is 43.1 Å². The third kappa shape index (κ3) is 2.76. The van der Waals surface area contributed by atoms with Gasteiger partial charge in [-0.25, -0.2) is 4.99 Å². The Morgan fingerprint density at radius 1 is 0.895 bits per heavy atom. The Morgan fingerprint density at radius 3 is 2.11 bits per heavy atom. The molecule has 2 rings (SSSR count). The molecule has 0 aliphatic carbocycles. The van der Waals surface area contributed by atoms with Gasteiger partial charge in [0.1, 0.15) is 0 Å². The monoisotopic (exact) mass is 253 g/mol. The lowest BCUT2D eigenvalue weighted by atomic mass is 9.94. The fourth-order valence-corrected chi connectivity index (χ4v) is 2.26. The van der Waals surface area contributed by atoms with Crippen molar-refractivity contribution in [2.75, 3.05) is 0 Å². The predicted octanol–water partition coefficient (Wildman–Crippen LogP) is 3.18. The third-order valence-electron chi connectivity index (χ3n) is 3.23. The normalized spacial score (nSPS) is 10.3. The van der Waals surface area contributed by atoms with Crippen LogP contribution in [0.15, 0.2) is 41.4 Å². The number of hydrogen-bond acceptors (Lipinski definition) is 1. The van der Waals surface area contributed by atoms with E-state index in [1.54, 1.807) is 0 Å². The van der Waals surface area contributed by atoms with Gasteiger partial charge in [-0.3, -0.25) is 0 Å². The molecule has 0 atom stereocenters. The first-order valence-corrected chi connectivity index (χ1v) is 6.26. The molecule has 0 saturated carbocycles. The van der Waals surface area contributed by atoms with Gasteiger partial charge in [-0.05, 0) is 49.1 Å². The van der Waals surface area contributed by atoms with Gasteiger partial charge in [0.15, 0.2) is 5.96 Å². The van der Waals surface area contributed by atoms with Crippen LogP contribution in [0, 0.1) is 20.8 Å². The minimum atomic E-state index is 0.0850. The van der Waals surface area contributed by atoms with Crippen LogP contribution in [-0.4, -0.2) is 5.96 Å². The molecular formula is C16H19N3. The molecule has 0 saturated heterocycles. The average Bonchev–Trinajstić information content (AvgIpc) is 2.35. The molecule has 0 unspecified atom stereocenters. The van der Waals surface area contributed by atoms with Crippen molar-refractivity contribution in [1.29, 1.82) is 0 Å². The van der Waals surface area contributed by atoms with Crippen LogP contribution in [0.25, 0.3) is 11.1 Å². The molecule has 0 fully saturated rings. The summed E-state index contributed by atoms with van der Waals surface area (Å²) in [4.78, 5) is 4.18. The molecule has 0 aliphatic rings. The zero-order valence-corrected chi connectivity index (χ0v) is 11.6. The van der Waals surface area contributed by atoms with Gasteiger partial charge in [0.25, 0.3) is 0 Å². The van der Waals surface area contributed by atoms with Crippen molar-refractivity contribution in [2.24, 2.45) is 16.5 Å². The first-order valence-electron chi connectivity index (χ1n) is 6.26. The summed E-state index contributed by atoms with van der Waals surface area (Å²) in [6.07, 6.45) is 0. The van der Waals surface area contributed by atoms with Crippen molar-refractivity contribution in [2.45, 2.75) is 20.8 Å². The molecule has 0 spiro atoms. The molecule has 0 radical (unpaired) electrons. The van der Waals surface area contributed by atoms with Crippen molar-refractivity contribution < 1.29 is 0 Å². The molecule has 3 nitrogen and oxygen atoms in total. The summed E-state index contributed by atoms with van der Waals surface area (Å²) in [5.74, 6) is 0.0850. The van der Waals surface area contributed by atoms with Crippen molar-refractivity contribution in [1.82, 2.24) is 0 Å². The summed E-state index contributed by atoms with van der Waals surface area (Å²) in [5.41, 5.74) is 17.7. The molecule has 2 aromatic carbocycles.